The van der Waals surface area contributed by atoms with Gasteiger partial charge in [-0.25, -0.2) is 0 Å². The zero-order valence-corrected chi connectivity index (χ0v) is 16.0. The number of para-hydroxylation sites is 1. The van der Waals surface area contributed by atoms with Gasteiger partial charge in [0.15, 0.2) is 0 Å². The van der Waals surface area contributed by atoms with Crippen molar-refractivity contribution in [1.82, 2.24) is 5.32 Å². The Bertz CT molecular complexity index is 696. The maximum Gasteiger partial charge on any atom is 0.255 e. The molecule has 0 atom stereocenters. The predicted octanol–water partition coefficient (Wildman–Crippen LogP) is 4.46. The zero-order valence-electron chi connectivity index (χ0n) is 13.6. The van der Waals surface area contributed by atoms with E-state index in [1.807, 2.05) is 6.07 Å². The molecule has 0 heterocycles. The summed E-state index contributed by atoms with van der Waals surface area (Å²) in [6.45, 7) is 1.47. The fourth-order valence-corrected chi connectivity index (χ4v) is 2.60. The highest BCUT2D eigenvalue weighted by Gasteiger charge is 2.12. The lowest BCUT2D eigenvalue weighted by Gasteiger charge is -2.12. The molecule has 2 rings (SSSR count). The highest BCUT2D eigenvalue weighted by molar-refractivity contribution is 6.35. The third-order valence-electron chi connectivity index (χ3n) is 3.45. The van der Waals surface area contributed by atoms with Crippen LogP contribution in [0.1, 0.15) is 28.8 Å². The van der Waals surface area contributed by atoms with E-state index in [1.54, 1.807) is 36.4 Å². The van der Waals surface area contributed by atoms with E-state index in [9.17, 15) is 4.79 Å². The van der Waals surface area contributed by atoms with E-state index >= 15 is 0 Å². The number of nitrogens with one attached hydrogen (secondary N) is 1. The third kappa shape index (κ3) is 6.75. The van der Waals surface area contributed by atoms with Crippen molar-refractivity contribution in [2.24, 2.45) is 5.73 Å². The molecule has 2 aromatic rings. The van der Waals surface area contributed by atoms with Crippen LogP contribution < -0.4 is 15.8 Å². The number of rotatable bonds is 8. The Morgan fingerprint density at radius 2 is 1.88 bits per heavy atom. The zero-order chi connectivity index (χ0) is 17.4. The topological polar surface area (TPSA) is 64.3 Å². The van der Waals surface area contributed by atoms with E-state index in [4.69, 9.17) is 33.7 Å². The first-order chi connectivity index (χ1) is 11.6. The van der Waals surface area contributed by atoms with E-state index in [1.165, 1.54) is 0 Å². The molecule has 0 saturated carbocycles. The second kappa shape index (κ2) is 11.2. The molecule has 0 radical (unpaired) electrons. The van der Waals surface area contributed by atoms with Crippen molar-refractivity contribution in [2.75, 3.05) is 13.1 Å². The molecule has 3 N–H and O–H groups in total. The standard InChI is InChI=1S/C18H20Cl2N2O2.ClH/c19-14-8-7-13(16(20)11-14)12-24-17-6-2-1-5-15(17)18(23)22-10-4-3-9-21;/h1-2,5-8,11H,3-4,9-10,12,21H2,(H,22,23);1H. The van der Waals surface area contributed by atoms with Crippen LogP contribution in [0.2, 0.25) is 10.0 Å². The largest absolute Gasteiger partial charge is 0.488 e. The number of hydrogen-bond donors (Lipinski definition) is 2. The molecule has 0 aliphatic carbocycles. The molecule has 0 aromatic heterocycles. The average molecular weight is 404 g/mol. The number of ether oxygens (including phenoxy) is 1. The molecule has 0 aliphatic rings. The fourth-order valence-electron chi connectivity index (χ4n) is 2.14. The number of halogens is 3. The van der Waals surface area contributed by atoms with Crippen molar-refractivity contribution in [3.05, 3.63) is 63.6 Å². The highest BCUT2D eigenvalue weighted by Crippen LogP contribution is 2.24. The molecule has 0 spiro atoms. The lowest BCUT2D eigenvalue weighted by Crippen LogP contribution is -2.25. The normalized spacial score (nSPS) is 10.0. The lowest BCUT2D eigenvalue weighted by molar-refractivity contribution is 0.0948. The summed E-state index contributed by atoms with van der Waals surface area (Å²) in [7, 11) is 0. The number of benzene rings is 2. The summed E-state index contributed by atoms with van der Waals surface area (Å²) >= 11 is 12.0. The molecule has 25 heavy (non-hydrogen) atoms. The van der Waals surface area contributed by atoms with Gasteiger partial charge in [-0.05, 0) is 43.7 Å². The number of amides is 1. The van der Waals surface area contributed by atoms with Crippen molar-refractivity contribution in [3.63, 3.8) is 0 Å². The molecular formula is C18H21Cl3N2O2. The summed E-state index contributed by atoms with van der Waals surface area (Å²) in [6.07, 6.45) is 1.74. The van der Waals surface area contributed by atoms with Crippen LogP contribution in [-0.2, 0) is 6.61 Å². The van der Waals surface area contributed by atoms with E-state index in [0.717, 1.165) is 18.4 Å². The third-order valence-corrected chi connectivity index (χ3v) is 4.03. The Morgan fingerprint density at radius 1 is 1.12 bits per heavy atom. The van der Waals surface area contributed by atoms with Crippen LogP contribution in [0.4, 0.5) is 0 Å². The molecule has 2 aromatic carbocycles. The summed E-state index contributed by atoms with van der Waals surface area (Å²) in [6, 6.07) is 12.3. The summed E-state index contributed by atoms with van der Waals surface area (Å²) < 4.78 is 5.78. The summed E-state index contributed by atoms with van der Waals surface area (Å²) in [5.41, 5.74) is 6.75. The maximum absolute atomic E-state index is 12.3. The van der Waals surface area contributed by atoms with Crippen molar-refractivity contribution < 1.29 is 9.53 Å². The first-order valence-electron chi connectivity index (χ1n) is 7.76. The summed E-state index contributed by atoms with van der Waals surface area (Å²) in [5, 5.41) is 3.98. The molecule has 0 fully saturated rings. The minimum Gasteiger partial charge on any atom is -0.488 e. The smallest absolute Gasteiger partial charge is 0.255 e. The van der Waals surface area contributed by atoms with Gasteiger partial charge in [-0.1, -0.05) is 41.4 Å². The van der Waals surface area contributed by atoms with Crippen LogP contribution in [0.25, 0.3) is 0 Å². The lowest BCUT2D eigenvalue weighted by atomic mass is 10.1. The van der Waals surface area contributed by atoms with Crippen molar-refractivity contribution in [1.29, 1.82) is 0 Å². The molecule has 1 amide bonds. The number of hydrogen-bond acceptors (Lipinski definition) is 3. The molecule has 0 bridgehead atoms. The quantitative estimate of drug-likeness (QED) is 0.639. The minimum atomic E-state index is -0.162. The molecular weight excluding hydrogens is 383 g/mol. The second-order valence-electron chi connectivity index (χ2n) is 5.27. The molecule has 0 unspecified atom stereocenters. The van der Waals surface area contributed by atoms with Gasteiger partial charge in [-0.2, -0.15) is 0 Å². The average Bonchev–Trinajstić information content (AvgIpc) is 2.58. The highest BCUT2D eigenvalue weighted by atomic mass is 35.5. The minimum absolute atomic E-state index is 0. The van der Waals surface area contributed by atoms with Crippen LogP contribution in [0, 0.1) is 0 Å². The Kier molecular flexibility index (Phi) is 9.68. The Labute approximate surface area is 164 Å². The summed E-state index contributed by atoms with van der Waals surface area (Å²) in [5.74, 6) is 0.352. The van der Waals surface area contributed by atoms with Gasteiger partial charge in [-0.3, -0.25) is 4.79 Å². The Morgan fingerprint density at radius 3 is 2.60 bits per heavy atom. The van der Waals surface area contributed by atoms with Gasteiger partial charge >= 0.3 is 0 Å². The van der Waals surface area contributed by atoms with Gasteiger partial charge in [0.25, 0.3) is 5.91 Å². The van der Waals surface area contributed by atoms with Crippen molar-refractivity contribution >= 4 is 41.5 Å². The van der Waals surface area contributed by atoms with Gasteiger partial charge in [0.05, 0.1) is 5.56 Å². The number of unbranched alkanes of at least 4 members (excludes halogenated alkanes) is 1. The van der Waals surface area contributed by atoms with Gasteiger partial charge in [0, 0.05) is 22.2 Å². The van der Waals surface area contributed by atoms with Crippen LogP contribution in [0.3, 0.4) is 0 Å². The van der Waals surface area contributed by atoms with E-state index in [0.29, 0.717) is 34.4 Å². The Hall–Kier alpha value is -1.46. The second-order valence-corrected chi connectivity index (χ2v) is 6.12. The van der Waals surface area contributed by atoms with Crippen LogP contribution in [0.15, 0.2) is 42.5 Å². The van der Waals surface area contributed by atoms with E-state index in [-0.39, 0.29) is 24.9 Å². The number of carbonyl (C=O) groups excluding carboxylic acids is 1. The predicted molar refractivity (Wildman–Crippen MR) is 105 cm³/mol. The van der Waals surface area contributed by atoms with Gasteiger partial charge in [0.2, 0.25) is 0 Å². The molecule has 7 heteroatoms. The van der Waals surface area contributed by atoms with Crippen LogP contribution >= 0.6 is 35.6 Å². The molecule has 4 nitrogen and oxygen atoms in total. The van der Waals surface area contributed by atoms with Gasteiger partial charge in [0.1, 0.15) is 12.4 Å². The van der Waals surface area contributed by atoms with Crippen LogP contribution in [-0.4, -0.2) is 19.0 Å². The molecule has 0 aliphatic heterocycles. The maximum atomic E-state index is 12.3. The van der Waals surface area contributed by atoms with Crippen molar-refractivity contribution in [3.8, 4) is 5.75 Å². The molecule has 136 valence electrons. The van der Waals surface area contributed by atoms with Crippen molar-refractivity contribution in [2.45, 2.75) is 19.4 Å². The molecule has 0 saturated heterocycles. The van der Waals surface area contributed by atoms with E-state index in [2.05, 4.69) is 5.32 Å². The number of nitrogens with two attached hydrogens (primary N) is 1. The number of carbonyl (C=O) groups is 1. The fraction of sp³-hybridized carbons (Fsp3) is 0.278. The first kappa shape index (κ1) is 21.6. The Balaban J connectivity index is 0.00000312. The van der Waals surface area contributed by atoms with Crippen LogP contribution in [0.5, 0.6) is 5.75 Å². The van der Waals surface area contributed by atoms with Gasteiger partial charge < -0.3 is 15.8 Å². The van der Waals surface area contributed by atoms with E-state index < -0.39 is 0 Å². The monoisotopic (exact) mass is 402 g/mol. The van der Waals surface area contributed by atoms with Gasteiger partial charge in [-0.15, -0.1) is 12.4 Å². The first-order valence-corrected chi connectivity index (χ1v) is 8.51. The summed E-state index contributed by atoms with van der Waals surface area (Å²) in [4.78, 5) is 12.3. The SMILES string of the molecule is Cl.NCCCCNC(=O)c1ccccc1OCc1ccc(Cl)cc1Cl.